The SMILES string of the molecule is COc1cc(NC(=O)COc2ccc(-c3cccc(C)c3)cc2CN2CC[C@H](N)C2)cc(OC)c1OC. The number of nitrogens with one attached hydrogen (secondary N) is 1. The number of methoxy groups -OCH3 is 3. The van der Waals surface area contributed by atoms with Gasteiger partial charge in [0.05, 0.1) is 21.3 Å². The molecule has 1 atom stereocenters. The second-order valence-corrected chi connectivity index (χ2v) is 9.23. The lowest BCUT2D eigenvalue weighted by atomic mass is 10.0. The summed E-state index contributed by atoms with van der Waals surface area (Å²) in [6, 6.07) is 18.1. The second-order valence-electron chi connectivity index (χ2n) is 9.23. The van der Waals surface area contributed by atoms with Gasteiger partial charge in [-0.1, -0.05) is 35.9 Å². The van der Waals surface area contributed by atoms with Crippen LogP contribution in [-0.4, -0.2) is 57.9 Å². The van der Waals surface area contributed by atoms with Crippen molar-refractivity contribution in [3.63, 3.8) is 0 Å². The number of carbonyl (C=O) groups is 1. The van der Waals surface area contributed by atoms with Crippen LogP contribution in [0.2, 0.25) is 0 Å². The summed E-state index contributed by atoms with van der Waals surface area (Å²) in [4.78, 5) is 15.1. The van der Waals surface area contributed by atoms with Gasteiger partial charge in [-0.3, -0.25) is 9.69 Å². The van der Waals surface area contributed by atoms with E-state index in [9.17, 15) is 4.79 Å². The van der Waals surface area contributed by atoms with Crippen molar-refractivity contribution < 1.29 is 23.7 Å². The zero-order valence-electron chi connectivity index (χ0n) is 21.9. The summed E-state index contributed by atoms with van der Waals surface area (Å²) in [5.74, 6) is 1.74. The van der Waals surface area contributed by atoms with E-state index in [2.05, 4.69) is 47.5 Å². The van der Waals surface area contributed by atoms with Gasteiger partial charge in [0.1, 0.15) is 5.75 Å². The maximum absolute atomic E-state index is 12.8. The van der Waals surface area contributed by atoms with Gasteiger partial charge in [-0.05, 0) is 36.6 Å². The highest BCUT2D eigenvalue weighted by Gasteiger charge is 2.21. The molecule has 1 fully saturated rings. The Kier molecular flexibility index (Phi) is 8.53. The van der Waals surface area contributed by atoms with E-state index < -0.39 is 0 Å². The number of rotatable bonds is 10. The average molecular weight is 506 g/mol. The van der Waals surface area contributed by atoms with Crippen LogP contribution in [0.1, 0.15) is 17.5 Å². The van der Waals surface area contributed by atoms with Gasteiger partial charge >= 0.3 is 0 Å². The number of carbonyl (C=O) groups excluding carboxylic acids is 1. The molecule has 1 amide bonds. The Balaban J connectivity index is 1.51. The number of amides is 1. The molecule has 4 rings (SSSR count). The summed E-state index contributed by atoms with van der Waals surface area (Å²) in [6.45, 7) is 4.43. The summed E-state index contributed by atoms with van der Waals surface area (Å²) in [5, 5.41) is 2.85. The third kappa shape index (κ3) is 6.53. The number of hydrogen-bond donors (Lipinski definition) is 2. The molecule has 0 saturated carbocycles. The van der Waals surface area contributed by atoms with Crippen LogP contribution < -0.4 is 30.0 Å². The van der Waals surface area contributed by atoms with E-state index >= 15 is 0 Å². The molecule has 0 aliphatic carbocycles. The van der Waals surface area contributed by atoms with Crippen molar-refractivity contribution in [1.29, 1.82) is 0 Å². The van der Waals surface area contributed by atoms with Crippen molar-refractivity contribution in [3.05, 3.63) is 65.7 Å². The Morgan fingerprint density at radius 3 is 2.32 bits per heavy atom. The number of anilines is 1. The fourth-order valence-electron chi connectivity index (χ4n) is 4.59. The number of likely N-dealkylation sites (tertiary alicyclic amines) is 1. The fraction of sp³-hybridized carbons (Fsp3) is 0.345. The minimum absolute atomic E-state index is 0.146. The number of ether oxygens (including phenoxy) is 4. The fourth-order valence-corrected chi connectivity index (χ4v) is 4.59. The topological polar surface area (TPSA) is 95.3 Å². The highest BCUT2D eigenvalue weighted by molar-refractivity contribution is 5.92. The summed E-state index contributed by atoms with van der Waals surface area (Å²) < 4.78 is 22.1. The van der Waals surface area contributed by atoms with Gasteiger partial charge in [-0.25, -0.2) is 0 Å². The molecule has 196 valence electrons. The molecule has 0 aromatic heterocycles. The maximum atomic E-state index is 12.8. The zero-order valence-corrected chi connectivity index (χ0v) is 21.9. The molecule has 8 heteroatoms. The molecule has 1 heterocycles. The van der Waals surface area contributed by atoms with Crippen LogP contribution in [0.4, 0.5) is 5.69 Å². The average Bonchev–Trinajstić information content (AvgIpc) is 3.31. The summed E-state index contributed by atoms with van der Waals surface area (Å²) in [7, 11) is 4.59. The molecule has 0 bridgehead atoms. The molecule has 1 aliphatic heterocycles. The van der Waals surface area contributed by atoms with Crippen LogP contribution in [0.15, 0.2) is 54.6 Å². The molecule has 3 aromatic rings. The van der Waals surface area contributed by atoms with E-state index in [4.69, 9.17) is 24.7 Å². The van der Waals surface area contributed by atoms with Crippen LogP contribution in [0.25, 0.3) is 11.1 Å². The minimum Gasteiger partial charge on any atom is -0.493 e. The summed E-state index contributed by atoms with van der Waals surface area (Å²) in [6.07, 6.45) is 0.977. The second kappa shape index (κ2) is 12.0. The van der Waals surface area contributed by atoms with Gasteiger partial charge < -0.3 is 30.0 Å². The molecule has 3 N–H and O–H groups in total. The van der Waals surface area contributed by atoms with Crippen molar-refractivity contribution in [1.82, 2.24) is 4.90 Å². The summed E-state index contributed by atoms with van der Waals surface area (Å²) in [5.41, 5.74) is 11.1. The molecule has 0 unspecified atom stereocenters. The maximum Gasteiger partial charge on any atom is 0.262 e. The molecular formula is C29H35N3O5. The van der Waals surface area contributed by atoms with Crippen LogP contribution in [0, 0.1) is 6.92 Å². The third-order valence-electron chi connectivity index (χ3n) is 6.42. The van der Waals surface area contributed by atoms with E-state index in [1.807, 2.05) is 12.1 Å². The number of aryl methyl sites for hydroxylation is 1. The predicted molar refractivity (Wildman–Crippen MR) is 145 cm³/mol. The normalized spacial score (nSPS) is 15.3. The molecule has 1 saturated heterocycles. The van der Waals surface area contributed by atoms with Gasteiger partial charge in [0, 0.05) is 49.1 Å². The Labute approximate surface area is 218 Å². The van der Waals surface area contributed by atoms with Crippen molar-refractivity contribution in [3.8, 4) is 34.1 Å². The van der Waals surface area contributed by atoms with Gasteiger partial charge in [0.2, 0.25) is 5.75 Å². The Bertz CT molecular complexity index is 1220. The highest BCUT2D eigenvalue weighted by atomic mass is 16.5. The molecule has 3 aromatic carbocycles. The Morgan fingerprint density at radius 1 is 0.973 bits per heavy atom. The lowest BCUT2D eigenvalue weighted by Crippen LogP contribution is -2.26. The summed E-state index contributed by atoms with van der Waals surface area (Å²) >= 11 is 0. The first-order valence-corrected chi connectivity index (χ1v) is 12.3. The molecule has 0 radical (unpaired) electrons. The van der Waals surface area contributed by atoms with E-state index in [1.54, 1.807) is 12.1 Å². The first kappa shape index (κ1) is 26.3. The monoisotopic (exact) mass is 505 g/mol. The van der Waals surface area contributed by atoms with Crippen molar-refractivity contribution in [2.75, 3.05) is 46.3 Å². The smallest absolute Gasteiger partial charge is 0.262 e. The minimum atomic E-state index is -0.300. The zero-order chi connectivity index (χ0) is 26.4. The van der Waals surface area contributed by atoms with Gasteiger partial charge in [-0.15, -0.1) is 0 Å². The standard InChI is InChI=1S/C29H35N3O5/c1-19-6-5-7-20(12-19)21-8-9-25(22(13-21)16-32-11-10-23(30)17-32)37-18-28(33)31-24-14-26(34-2)29(36-4)27(15-24)35-3/h5-9,12-15,23H,10-11,16-18,30H2,1-4H3,(H,31,33)/t23-/m0/s1. The van der Waals surface area contributed by atoms with Crippen molar-refractivity contribution in [2.45, 2.75) is 25.9 Å². The van der Waals surface area contributed by atoms with Gasteiger partial charge in [0.15, 0.2) is 18.1 Å². The Hall–Kier alpha value is -3.75. The lowest BCUT2D eigenvalue weighted by Gasteiger charge is -2.19. The quantitative estimate of drug-likeness (QED) is 0.426. The predicted octanol–water partition coefficient (Wildman–Crippen LogP) is 4.24. The lowest BCUT2D eigenvalue weighted by molar-refractivity contribution is -0.118. The van der Waals surface area contributed by atoms with Crippen molar-refractivity contribution >= 4 is 11.6 Å². The molecule has 8 nitrogen and oxygen atoms in total. The van der Waals surface area contributed by atoms with Crippen LogP contribution in [-0.2, 0) is 11.3 Å². The van der Waals surface area contributed by atoms with Gasteiger partial charge in [0.25, 0.3) is 5.91 Å². The highest BCUT2D eigenvalue weighted by Crippen LogP contribution is 2.40. The van der Waals surface area contributed by atoms with Crippen molar-refractivity contribution in [2.24, 2.45) is 5.73 Å². The van der Waals surface area contributed by atoms with E-state index in [-0.39, 0.29) is 18.6 Å². The van der Waals surface area contributed by atoms with Crippen LogP contribution in [0.3, 0.4) is 0 Å². The van der Waals surface area contributed by atoms with Gasteiger partial charge in [-0.2, -0.15) is 0 Å². The van der Waals surface area contributed by atoms with Crippen LogP contribution in [0.5, 0.6) is 23.0 Å². The third-order valence-corrected chi connectivity index (χ3v) is 6.42. The van der Waals surface area contributed by atoms with E-state index in [1.165, 1.54) is 26.9 Å². The number of hydrogen-bond acceptors (Lipinski definition) is 7. The van der Waals surface area contributed by atoms with E-state index in [0.29, 0.717) is 35.2 Å². The number of benzene rings is 3. The van der Waals surface area contributed by atoms with Crippen LogP contribution >= 0.6 is 0 Å². The largest absolute Gasteiger partial charge is 0.493 e. The molecule has 0 spiro atoms. The number of nitrogens with zero attached hydrogens (tertiary/aromatic N) is 1. The Morgan fingerprint density at radius 2 is 1.70 bits per heavy atom. The number of nitrogens with two attached hydrogens (primary N) is 1. The molecule has 37 heavy (non-hydrogen) atoms. The first-order valence-electron chi connectivity index (χ1n) is 12.3. The molecular weight excluding hydrogens is 470 g/mol. The first-order chi connectivity index (χ1) is 17.9. The van der Waals surface area contributed by atoms with E-state index in [0.717, 1.165) is 36.2 Å². The molecule has 1 aliphatic rings.